The van der Waals surface area contributed by atoms with E-state index in [2.05, 4.69) is 12.2 Å². The summed E-state index contributed by atoms with van der Waals surface area (Å²) in [6.45, 7) is 5.79. The molecule has 2 heterocycles. The molecule has 140 valence electrons. The summed E-state index contributed by atoms with van der Waals surface area (Å²) < 4.78 is 6.81. The van der Waals surface area contributed by atoms with Gasteiger partial charge in [0, 0.05) is 38.3 Å². The molecule has 3 rings (SSSR count). The molecule has 1 fully saturated rings. The number of rotatable bonds is 5. The number of allylic oxidation sites excluding steroid dienone is 1. The van der Waals surface area contributed by atoms with E-state index in [1.807, 2.05) is 18.7 Å². The van der Waals surface area contributed by atoms with E-state index < -0.39 is 0 Å². The van der Waals surface area contributed by atoms with Crippen LogP contribution in [0.3, 0.4) is 0 Å². The fourth-order valence-electron chi connectivity index (χ4n) is 4.12. The highest BCUT2D eigenvalue weighted by Gasteiger charge is 2.45. The van der Waals surface area contributed by atoms with E-state index in [9.17, 15) is 14.4 Å². The topological polar surface area (TPSA) is 68.6 Å². The highest BCUT2D eigenvalue weighted by molar-refractivity contribution is 5.77. The molecule has 0 radical (unpaired) electrons. The third-order valence-electron chi connectivity index (χ3n) is 5.48. The Kier molecular flexibility index (Phi) is 5.59. The molecule has 1 saturated heterocycles. The van der Waals surface area contributed by atoms with Gasteiger partial charge in [0.1, 0.15) is 0 Å². The lowest BCUT2D eigenvalue weighted by Crippen LogP contribution is -2.37. The van der Waals surface area contributed by atoms with Crippen LogP contribution in [0.25, 0.3) is 0 Å². The molecule has 1 aromatic heterocycles. The van der Waals surface area contributed by atoms with Gasteiger partial charge in [-0.05, 0) is 30.7 Å². The van der Waals surface area contributed by atoms with Gasteiger partial charge in [0.25, 0.3) is 5.56 Å². The first-order valence-electron chi connectivity index (χ1n) is 9.29. The number of pyridine rings is 1. The van der Waals surface area contributed by atoms with Crippen LogP contribution in [0.1, 0.15) is 20.3 Å². The Bertz CT molecular complexity index is 754. The summed E-state index contributed by atoms with van der Waals surface area (Å²) in [6.07, 6.45) is 6.19. The molecule has 0 unspecified atom stereocenters. The fourth-order valence-corrected chi connectivity index (χ4v) is 4.12. The zero-order valence-electron chi connectivity index (χ0n) is 15.3. The highest BCUT2D eigenvalue weighted by atomic mass is 16.5. The normalized spacial score (nSPS) is 27.2. The van der Waals surface area contributed by atoms with Crippen LogP contribution >= 0.6 is 0 Å². The van der Waals surface area contributed by atoms with Gasteiger partial charge in [-0.2, -0.15) is 0 Å². The lowest BCUT2D eigenvalue weighted by molar-refractivity contribution is -0.152. The van der Waals surface area contributed by atoms with Crippen molar-refractivity contribution in [1.29, 1.82) is 0 Å². The van der Waals surface area contributed by atoms with Crippen molar-refractivity contribution < 1.29 is 14.3 Å². The molecule has 1 amide bonds. The first kappa shape index (κ1) is 18.4. The van der Waals surface area contributed by atoms with E-state index in [-0.39, 0.29) is 47.5 Å². The minimum absolute atomic E-state index is 0.0267. The lowest BCUT2D eigenvalue weighted by Gasteiger charge is -2.31. The molecule has 0 saturated carbocycles. The number of carbonyl (C=O) groups is 2. The Morgan fingerprint density at radius 2 is 2.04 bits per heavy atom. The Hall–Kier alpha value is -2.37. The van der Waals surface area contributed by atoms with Crippen molar-refractivity contribution in [2.75, 3.05) is 19.7 Å². The molecule has 4 atom stereocenters. The van der Waals surface area contributed by atoms with Gasteiger partial charge in [-0.15, -0.1) is 0 Å². The Morgan fingerprint density at radius 1 is 1.23 bits per heavy atom. The Labute approximate surface area is 153 Å². The number of carbonyl (C=O) groups excluding carboxylic acids is 2. The van der Waals surface area contributed by atoms with E-state index >= 15 is 0 Å². The van der Waals surface area contributed by atoms with Crippen molar-refractivity contribution in [3.05, 3.63) is 46.9 Å². The quantitative estimate of drug-likeness (QED) is 0.593. The van der Waals surface area contributed by atoms with Crippen molar-refractivity contribution in [2.24, 2.45) is 23.7 Å². The average molecular weight is 358 g/mol. The Balaban J connectivity index is 1.64. The van der Waals surface area contributed by atoms with Crippen LogP contribution in [0.4, 0.5) is 0 Å². The van der Waals surface area contributed by atoms with Crippen molar-refractivity contribution >= 4 is 11.9 Å². The fraction of sp³-hybridized carbons (Fsp3) is 0.550. The first-order valence-corrected chi connectivity index (χ1v) is 9.29. The number of esters is 1. The monoisotopic (exact) mass is 358 g/mol. The lowest BCUT2D eigenvalue weighted by atomic mass is 9.72. The maximum atomic E-state index is 12.6. The zero-order valence-corrected chi connectivity index (χ0v) is 15.3. The van der Waals surface area contributed by atoms with Crippen LogP contribution in [-0.2, 0) is 20.9 Å². The summed E-state index contributed by atoms with van der Waals surface area (Å²) in [5, 5.41) is 0. The van der Waals surface area contributed by atoms with Gasteiger partial charge in [0.2, 0.25) is 5.91 Å². The van der Waals surface area contributed by atoms with Crippen LogP contribution in [-0.4, -0.2) is 41.0 Å². The maximum absolute atomic E-state index is 12.6. The van der Waals surface area contributed by atoms with E-state index in [4.69, 9.17) is 4.74 Å². The molecule has 1 aliphatic carbocycles. The first-order chi connectivity index (χ1) is 12.5. The second-order valence-electron chi connectivity index (χ2n) is 7.13. The van der Waals surface area contributed by atoms with Crippen LogP contribution in [0.15, 0.2) is 41.3 Å². The summed E-state index contributed by atoms with van der Waals surface area (Å²) in [6, 6.07) is 4.96. The number of hydrogen-bond donors (Lipinski definition) is 0. The molecular weight excluding hydrogens is 332 g/mol. The molecule has 26 heavy (non-hydrogen) atoms. The van der Waals surface area contributed by atoms with E-state index in [1.54, 1.807) is 22.9 Å². The van der Waals surface area contributed by atoms with Crippen molar-refractivity contribution in [3.63, 3.8) is 0 Å². The summed E-state index contributed by atoms with van der Waals surface area (Å²) >= 11 is 0. The van der Waals surface area contributed by atoms with Crippen LogP contribution in [0, 0.1) is 23.7 Å². The number of likely N-dealkylation sites (tertiary alicyclic amines) is 1. The second-order valence-corrected chi connectivity index (χ2v) is 7.13. The van der Waals surface area contributed by atoms with Crippen LogP contribution < -0.4 is 5.56 Å². The molecule has 6 nitrogen and oxygen atoms in total. The third kappa shape index (κ3) is 3.74. The summed E-state index contributed by atoms with van der Waals surface area (Å²) in [7, 11) is 0. The average Bonchev–Trinajstić information content (AvgIpc) is 3.05. The molecule has 0 bridgehead atoms. The van der Waals surface area contributed by atoms with Crippen LogP contribution in [0.5, 0.6) is 0 Å². The minimum Gasteiger partial charge on any atom is -0.466 e. The van der Waals surface area contributed by atoms with Crippen molar-refractivity contribution in [1.82, 2.24) is 9.47 Å². The van der Waals surface area contributed by atoms with Crippen molar-refractivity contribution in [2.45, 2.75) is 26.8 Å². The van der Waals surface area contributed by atoms with Crippen molar-refractivity contribution in [3.8, 4) is 0 Å². The number of nitrogens with zero attached hydrogens (tertiary/aromatic N) is 2. The minimum atomic E-state index is -0.195. The molecule has 0 spiro atoms. The Morgan fingerprint density at radius 3 is 2.77 bits per heavy atom. The molecule has 6 heteroatoms. The van der Waals surface area contributed by atoms with Gasteiger partial charge in [-0.25, -0.2) is 0 Å². The number of hydrogen-bond acceptors (Lipinski definition) is 4. The van der Waals surface area contributed by atoms with Gasteiger partial charge in [-0.3, -0.25) is 14.4 Å². The second kappa shape index (κ2) is 7.89. The van der Waals surface area contributed by atoms with E-state index in [1.165, 1.54) is 6.07 Å². The van der Waals surface area contributed by atoms with Gasteiger partial charge < -0.3 is 14.2 Å². The van der Waals surface area contributed by atoms with Gasteiger partial charge in [0.15, 0.2) is 0 Å². The maximum Gasteiger partial charge on any atom is 0.309 e. The van der Waals surface area contributed by atoms with Gasteiger partial charge in [-0.1, -0.05) is 25.1 Å². The predicted octanol–water partition coefficient (Wildman–Crippen LogP) is 1.70. The molecule has 1 aliphatic heterocycles. The number of ether oxygens (including phenoxy) is 1. The standard InChI is InChI=1S/C20H26N2O4/c1-3-26-20(25)19-14(2)7-8-15-12-22(13-16(15)19)18(24)9-11-21-10-5-4-6-17(21)23/h4-8,10,14-16,19H,3,9,11-13H2,1-2H3/t14-,15-,16-,19-/m0/s1. The number of aromatic nitrogens is 1. The zero-order chi connectivity index (χ0) is 18.7. The molecule has 0 N–H and O–H groups in total. The third-order valence-corrected chi connectivity index (χ3v) is 5.48. The number of fused-ring (bicyclic) bond motifs is 1. The van der Waals surface area contributed by atoms with Gasteiger partial charge >= 0.3 is 5.97 Å². The molecular formula is C20H26N2O4. The summed E-state index contributed by atoms with van der Waals surface area (Å²) in [5.41, 5.74) is -0.102. The predicted molar refractivity (Wildman–Crippen MR) is 97.3 cm³/mol. The summed E-state index contributed by atoms with van der Waals surface area (Å²) in [5.74, 6) is 0.0949. The highest BCUT2D eigenvalue weighted by Crippen LogP contribution is 2.40. The molecule has 2 aliphatic rings. The molecule has 0 aromatic carbocycles. The van der Waals surface area contributed by atoms with Crippen LogP contribution in [0.2, 0.25) is 0 Å². The van der Waals surface area contributed by atoms with Gasteiger partial charge in [0.05, 0.1) is 12.5 Å². The number of amides is 1. The largest absolute Gasteiger partial charge is 0.466 e. The SMILES string of the molecule is CCOC(=O)[C@@H]1[C@H]2CN(C(=O)CCn3ccccc3=O)C[C@@H]2C=C[C@@H]1C. The molecule has 1 aromatic rings. The number of aryl methyl sites for hydroxylation is 1. The smallest absolute Gasteiger partial charge is 0.309 e. The van der Waals surface area contributed by atoms with E-state index in [0.717, 1.165) is 0 Å². The summed E-state index contributed by atoms with van der Waals surface area (Å²) in [4.78, 5) is 38.6. The van der Waals surface area contributed by atoms with E-state index in [0.29, 0.717) is 26.2 Å².